The predicted octanol–water partition coefficient (Wildman–Crippen LogP) is 4.56. The van der Waals surface area contributed by atoms with Crippen molar-refractivity contribution in [1.82, 2.24) is 0 Å². The third kappa shape index (κ3) is 3.32. The van der Waals surface area contributed by atoms with E-state index in [0.29, 0.717) is 35.8 Å². The highest BCUT2D eigenvalue weighted by atomic mass is 19.1. The van der Waals surface area contributed by atoms with Crippen molar-refractivity contribution < 1.29 is 13.6 Å². The minimum Gasteiger partial charge on any atom is -0.382 e. The molecule has 2 nitrogen and oxygen atoms in total. The molecule has 0 radical (unpaired) electrons. The Bertz CT molecular complexity index is 672. The van der Waals surface area contributed by atoms with Crippen molar-refractivity contribution in [3.8, 4) is 11.1 Å². The van der Waals surface area contributed by atoms with E-state index in [-0.39, 0.29) is 0 Å². The van der Waals surface area contributed by atoms with E-state index in [0.717, 1.165) is 24.6 Å². The number of anilines is 1. The molecule has 4 heteroatoms. The van der Waals surface area contributed by atoms with E-state index >= 15 is 0 Å². The molecule has 2 aromatic rings. The summed E-state index contributed by atoms with van der Waals surface area (Å²) in [6, 6.07) is 11.3. The standard InChI is InChI=1S/C18H17F2NO/c19-13-3-10-17(18(20)11-13)12-1-4-14(5-2-12)21-15-6-8-16(22)9-7-15/h1-5,10-11,15,21H,6-9H2. The summed E-state index contributed by atoms with van der Waals surface area (Å²) < 4.78 is 26.7. The number of hydrogen-bond donors (Lipinski definition) is 1. The van der Waals surface area contributed by atoms with Crippen LogP contribution in [0.1, 0.15) is 25.7 Å². The summed E-state index contributed by atoms with van der Waals surface area (Å²) in [5.74, 6) is -0.807. The van der Waals surface area contributed by atoms with Gasteiger partial charge < -0.3 is 5.32 Å². The van der Waals surface area contributed by atoms with Gasteiger partial charge in [-0.3, -0.25) is 4.79 Å². The van der Waals surface area contributed by atoms with Gasteiger partial charge in [-0.2, -0.15) is 0 Å². The molecule has 3 rings (SSSR count). The molecule has 22 heavy (non-hydrogen) atoms. The number of rotatable bonds is 3. The Morgan fingerprint density at radius 1 is 0.955 bits per heavy atom. The molecule has 0 spiro atoms. The van der Waals surface area contributed by atoms with Crippen LogP contribution in [0.3, 0.4) is 0 Å². The smallest absolute Gasteiger partial charge is 0.133 e. The number of ketones is 1. The van der Waals surface area contributed by atoms with Crippen LogP contribution in [0.4, 0.5) is 14.5 Å². The van der Waals surface area contributed by atoms with Gasteiger partial charge >= 0.3 is 0 Å². The van der Waals surface area contributed by atoms with Crippen molar-refractivity contribution in [2.75, 3.05) is 5.32 Å². The number of nitrogens with one attached hydrogen (secondary N) is 1. The molecule has 1 fully saturated rings. The van der Waals surface area contributed by atoms with E-state index in [1.54, 1.807) is 0 Å². The Hall–Kier alpha value is -2.23. The number of hydrogen-bond acceptors (Lipinski definition) is 2. The fourth-order valence-corrected chi connectivity index (χ4v) is 2.79. The highest BCUT2D eigenvalue weighted by Gasteiger charge is 2.18. The molecule has 0 amide bonds. The van der Waals surface area contributed by atoms with E-state index in [1.165, 1.54) is 12.1 Å². The SMILES string of the molecule is O=C1CCC(Nc2ccc(-c3ccc(F)cc3F)cc2)CC1. The quantitative estimate of drug-likeness (QED) is 0.900. The molecular weight excluding hydrogens is 284 g/mol. The third-order valence-corrected chi connectivity index (χ3v) is 4.04. The van der Waals surface area contributed by atoms with Crippen molar-refractivity contribution >= 4 is 11.5 Å². The monoisotopic (exact) mass is 301 g/mol. The van der Waals surface area contributed by atoms with Gasteiger partial charge in [-0.05, 0) is 42.7 Å². The average Bonchev–Trinajstić information content (AvgIpc) is 2.51. The molecule has 1 aliphatic rings. The number of Topliss-reactive ketones (excluding diaryl/α,β-unsaturated/α-hetero) is 1. The maximum Gasteiger partial charge on any atom is 0.133 e. The Morgan fingerprint density at radius 2 is 1.64 bits per heavy atom. The van der Waals surface area contributed by atoms with Gasteiger partial charge in [0.1, 0.15) is 17.4 Å². The summed E-state index contributed by atoms with van der Waals surface area (Å²) in [5.41, 5.74) is 2.05. The normalized spacial score (nSPS) is 15.8. The van der Waals surface area contributed by atoms with Gasteiger partial charge in [-0.1, -0.05) is 12.1 Å². The van der Waals surface area contributed by atoms with Gasteiger partial charge in [0.15, 0.2) is 0 Å². The van der Waals surface area contributed by atoms with E-state index in [4.69, 9.17) is 0 Å². The van der Waals surface area contributed by atoms with Crippen LogP contribution in [0.25, 0.3) is 11.1 Å². The summed E-state index contributed by atoms with van der Waals surface area (Å²) in [6.07, 6.45) is 2.98. The first-order valence-electron chi connectivity index (χ1n) is 7.45. The number of carbonyl (C=O) groups is 1. The maximum absolute atomic E-state index is 13.8. The molecule has 0 bridgehead atoms. The molecule has 0 heterocycles. The lowest BCUT2D eigenvalue weighted by atomic mass is 9.94. The third-order valence-electron chi connectivity index (χ3n) is 4.04. The largest absolute Gasteiger partial charge is 0.382 e. The zero-order valence-electron chi connectivity index (χ0n) is 12.1. The summed E-state index contributed by atoms with van der Waals surface area (Å²) in [5, 5.41) is 3.40. The van der Waals surface area contributed by atoms with Crippen molar-refractivity contribution in [1.29, 1.82) is 0 Å². The van der Waals surface area contributed by atoms with Gasteiger partial charge in [0.05, 0.1) is 0 Å². The van der Waals surface area contributed by atoms with E-state index < -0.39 is 11.6 Å². The maximum atomic E-state index is 13.8. The lowest BCUT2D eigenvalue weighted by Crippen LogP contribution is -2.25. The average molecular weight is 301 g/mol. The van der Waals surface area contributed by atoms with E-state index in [9.17, 15) is 13.6 Å². The lowest BCUT2D eigenvalue weighted by molar-refractivity contribution is -0.120. The summed E-state index contributed by atoms with van der Waals surface area (Å²) in [4.78, 5) is 11.2. The van der Waals surface area contributed by atoms with Gasteiger partial charge in [-0.15, -0.1) is 0 Å². The summed E-state index contributed by atoms with van der Waals surface area (Å²) in [7, 11) is 0. The molecular formula is C18H17F2NO. The number of carbonyl (C=O) groups excluding carboxylic acids is 1. The fourth-order valence-electron chi connectivity index (χ4n) is 2.79. The number of halogens is 2. The molecule has 0 unspecified atom stereocenters. The second-order valence-electron chi connectivity index (χ2n) is 5.66. The molecule has 2 aromatic carbocycles. The zero-order valence-corrected chi connectivity index (χ0v) is 12.1. The molecule has 0 atom stereocenters. The Balaban J connectivity index is 1.71. The van der Waals surface area contributed by atoms with Crippen LogP contribution in [0, 0.1) is 11.6 Å². The molecule has 1 saturated carbocycles. The summed E-state index contributed by atoms with van der Waals surface area (Å²) >= 11 is 0. The van der Waals surface area contributed by atoms with Crippen LogP contribution in [0.15, 0.2) is 42.5 Å². The van der Waals surface area contributed by atoms with Crippen LogP contribution >= 0.6 is 0 Å². The van der Waals surface area contributed by atoms with Crippen molar-refractivity contribution in [2.45, 2.75) is 31.7 Å². The zero-order chi connectivity index (χ0) is 15.5. The molecule has 1 aliphatic carbocycles. The van der Waals surface area contributed by atoms with Crippen molar-refractivity contribution in [2.24, 2.45) is 0 Å². The first-order valence-corrected chi connectivity index (χ1v) is 7.45. The van der Waals surface area contributed by atoms with E-state index in [2.05, 4.69) is 5.32 Å². The second-order valence-corrected chi connectivity index (χ2v) is 5.66. The minimum absolute atomic E-state index is 0.311. The minimum atomic E-state index is -0.577. The van der Waals surface area contributed by atoms with Crippen molar-refractivity contribution in [3.05, 3.63) is 54.1 Å². The predicted molar refractivity (Wildman–Crippen MR) is 82.7 cm³/mol. The summed E-state index contributed by atoms with van der Waals surface area (Å²) in [6.45, 7) is 0. The van der Waals surface area contributed by atoms with Crippen LogP contribution in [0.5, 0.6) is 0 Å². The second kappa shape index (κ2) is 6.26. The van der Waals surface area contributed by atoms with Gasteiger partial charge in [-0.25, -0.2) is 8.78 Å². The highest BCUT2D eigenvalue weighted by Crippen LogP contribution is 2.26. The molecule has 0 saturated heterocycles. The van der Waals surface area contributed by atoms with Gasteiger partial charge in [0.25, 0.3) is 0 Å². The van der Waals surface area contributed by atoms with Gasteiger partial charge in [0, 0.05) is 36.2 Å². The highest BCUT2D eigenvalue weighted by molar-refractivity contribution is 5.79. The Morgan fingerprint density at radius 3 is 2.27 bits per heavy atom. The first-order chi connectivity index (χ1) is 10.6. The lowest BCUT2D eigenvalue weighted by Gasteiger charge is -2.23. The molecule has 0 aromatic heterocycles. The molecule has 0 aliphatic heterocycles. The Labute approximate surface area is 128 Å². The van der Waals surface area contributed by atoms with Crippen LogP contribution in [-0.2, 0) is 4.79 Å². The Kier molecular flexibility index (Phi) is 4.18. The van der Waals surface area contributed by atoms with Gasteiger partial charge in [0.2, 0.25) is 0 Å². The molecule has 114 valence electrons. The topological polar surface area (TPSA) is 29.1 Å². The first kappa shape index (κ1) is 14.7. The molecule has 1 N–H and O–H groups in total. The van der Waals surface area contributed by atoms with Crippen molar-refractivity contribution in [3.63, 3.8) is 0 Å². The van der Waals surface area contributed by atoms with E-state index in [1.807, 2.05) is 24.3 Å². The van der Waals surface area contributed by atoms with Crippen LogP contribution in [0.2, 0.25) is 0 Å². The number of benzene rings is 2. The van der Waals surface area contributed by atoms with Crippen LogP contribution in [-0.4, -0.2) is 11.8 Å². The van der Waals surface area contributed by atoms with Crippen LogP contribution < -0.4 is 5.32 Å². The fraction of sp³-hybridized carbons (Fsp3) is 0.278.